The van der Waals surface area contributed by atoms with Crippen LogP contribution in [0, 0.1) is 5.82 Å². The Bertz CT molecular complexity index is 372. The molecule has 0 aromatic heterocycles. The van der Waals surface area contributed by atoms with Gasteiger partial charge in [-0.2, -0.15) is 0 Å². The monoisotopic (exact) mass is 228 g/mol. The molecule has 0 radical (unpaired) electrons. The maximum atomic E-state index is 13.1. The largest absolute Gasteiger partial charge is 0.497 e. The van der Waals surface area contributed by atoms with E-state index in [-0.39, 0.29) is 11.2 Å². The minimum Gasteiger partial charge on any atom is -0.497 e. The molecule has 1 aromatic carbocycles. The molecule has 0 amide bonds. The Kier molecular flexibility index (Phi) is 4.15. The van der Waals surface area contributed by atoms with E-state index in [4.69, 9.17) is 16.3 Å². The van der Waals surface area contributed by atoms with Crippen LogP contribution in [0.1, 0.15) is 19.4 Å². The second-order valence-corrected chi connectivity index (χ2v) is 4.08. The van der Waals surface area contributed by atoms with Crippen LogP contribution >= 0.6 is 11.6 Å². The molecule has 0 aliphatic rings. The van der Waals surface area contributed by atoms with E-state index in [1.165, 1.54) is 19.2 Å². The molecule has 0 bridgehead atoms. The zero-order valence-corrected chi connectivity index (χ0v) is 9.81. The van der Waals surface area contributed by atoms with Crippen molar-refractivity contribution in [2.24, 2.45) is 0 Å². The summed E-state index contributed by atoms with van der Waals surface area (Å²) in [5, 5.41) is -0.0562. The van der Waals surface area contributed by atoms with Crippen molar-refractivity contribution in [1.82, 2.24) is 0 Å². The third-order valence-corrected chi connectivity index (χ3v) is 2.50. The van der Waals surface area contributed by atoms with E-state index in [0.717, 1.165) is 11.1 Å². The predicted molar refractivity (Wildman–Crippen MR) is 61.9 cm³/mol. The maximum Gasteiger partial charge on any atom is 0.127 e. The molecule has 0 saturated heterocycles. The lowest BCUT2D eigenvalue weighted by Crippen LogP contribution is -1.92. The van der Waals surface area contributed by atoms with Gasteiger partial charge < -0.3 is 4.74 Å². The molecule has 82 valence electrons. The van der Waals surface area contributed by atoms with E-state index < -0.39 is 0 Å². The van der Waals surface area contributed by atoms with Crippen molar-refractivity contribution in [1.29, 1.82) is 0 Å². The third-order valence-electron chi connectivity index (χ3n) is 2.15. The first-order valence-corrected chi connectivity index (χ1v) is 5.13. The van der Waals surface area contributed by atoms with Gasteiger partial charge in [0.15, 0.2) is 0 Å². The van der Waals surface area contributed by atoms with Gasteiger partial charge in [0, 0.05) is 6.07 Å². The van der Waals surface area contributed by atoms with Crippen molar-refractivity contribution in [2.75, 3.05) is 7.11 Å². The van der Waals surface area contributed by atoms with Crippen LogP contribution in [-0.4, -0.2) is 12.5 Å². The molecule has 1 unspecified atom stereocenters. The van der Waals surface area contributed by atoms with E-state index in [1.54, 1.807) is 6.07 Å². The first-order chi connectivity index (χ1) is 7.02. The lowest BCUT2D eigenvalue weighted by Gasteiger charge is -2.05. The van der Waals surface area contributed by atoms with Gasteiger partial charge in [-0.1, -0.05) is 11.6 Å². The van der Waals surface area contributed by atoms with Crippen molar-refractivity contribution >= 4 is 17.7 Å². The number of alkyl halides is 1. The van der Waals surface area contributed by atoms with E-state index >= 15 is 0 Å². The number of ether oxygens (including phenoxy) is 1. The Balaban J connectivity index is 3.04. The molecule has 1 rings (SSSR count). The first kappa shape index (κ1) is 12.1. The number of hydrogen-bond donors (Lipinski definition) is 0. The number of rotatable bonds is 3. The molecule has 1 atom stereocenters. The number of benzene rings is 1. The highest BCUT2D eigenvalue weighted by Crippen LogP contribution is 2.20. The number of hydrogen-bond acceptors (Lipinski definition) is 1. The Labute approximate surface area is 94.5 Å². The summed E-state index contributed by atoms with van der Waals surface area (Å²) in [6, 6.07) is 4.56. The van der Waals surface area contributed by atoms with Crippen molar-refractivity contribution in [3.05, 3.63) is 35.2 Å². The second-order valence-electron chi connectivity index (χ2n) is 3.43. The Morgan fingerprint density at radius 2 is 2.13 bits per heavy atom. The normalized spacial score (nSPS) is 13.8. The fourth-order valence-corrected chi connectivity index (χ4v) is 1.23. The summed E-state index contributed by atoms with van der Waals surface area (Å²) in [6.45, 7) is 3.79. The van der Waals surface area contributed by atoms with Crippen LogP contribution in [0.3, 0.4) is 0 Å². The summed E-state index contributed by atoms with van der Waals surface area (Å²) < 4.78 is 18.1. The average Bonchev–Trinajstić information content (AvgIpc) is 2.16. The van der Waals surface area contributed by atoms with E-state index in [1.807, 2.05) is 19.9 Å². The van der Waals surface area contributed by atoms with Gasteiger partial charge in [0.1, 0.15) is 11.6 Å². The second kappa shape index (κ2) is 5.17. The summed E-state index contributed by atoms with van der Waals surface area (Å²) in [6.07, 6.45) is 1.85. The molecule has 15 heavy (non-hydrogen) atoms. The summed E-state index contributed by atoms with van der Waals surface area (Å²) in [7, 11) is 1.51. The quantitative estimate of drug-likeness (QED) is 0.714. The highest BCUT2D eigenvalue weighted by molar-refractivity contribution is 6.22. The summed E-state index contributed by atoms with van der Waals surface area (Å²) in [5.74, 6) is 0.201. The topological polar surface area (TPSA) is 9.23 Å². The Morgan fingerprint density at radius 1 is 1.47 bits per heavy atom. The van der Waals surface area contributed by atoms with E-state index in [0.29, 0.717) is 5.75 Å². The van der Waals surface area contributed by atoms with Gasteiger partial charge in [0.25, 0.3) is 0 Å². The molecule has 1 aromatic rings. The van der Waals surface area contributed by atoms with Crippen LogP contribution in [-0.2, 0) is 0 Å². The number of halogens is 2. The van der Waals surface area contributed by atoms with Crippen molar-refractivity contribution < 1.29 is 9.13 Å². The van der Waals surface area contributed by atoms with Gasteiger partial charge >= 0.3 is 0 Å². The van der Waals surface area contributed by atoms with Crippen LogP contribution in [0.25, 0.3) is 6.08 Å². The van der Waals surface area contributed by atoms with Crippen LogP contribution in [0.15, 0.2) is 23.8 Å². The summed E-state index contributed by atoms with van der Waals surface area (Å²) in [5.41, 5.74) is 1.75. The molecule has 0 spiro atoms. The standard InChI is InChI=1S/C12H14ClFO/c1-8(9(2)13)4-10-5-11(14)7-12(6-10)15-3/h4-7,9H,1-3H3/b8-4-. The molecule has 0 aliphatic carbocycles. The molecule has 0 saturated carbocycles. The Hall–Kier alpha value is -1.02. The van der Waals surface area contributed by atoms with Gasteiger partial charge in [-0.05, 0) is 31.5 Å². The van der Waals surface area contributed by atoms with Crippen LogP contribution in [0.4, 0.5) is 4.39 Å². The zero-order valence-electron chi connectivity index (χ0n) is 9.05. The van der Waals surface area contributed by atoms with Gasteiger partial charge in [0.05, 0.1) is 12.5 Å². The molecule has 3 heteroatoms. The van der Waals surface area contributed by atoms with E-state index in [2.05, 4.69) is 0 Å². The molecule has 0 fully saturated rings. The van der Waals surface area contributed by atoms with Gasteiger partial charge in [-0.3, -0.25) is 0 Å². The molecule has 1 nitrogen and oxygen atoms in total. The van der Waals surface area contributed by atoms with Crippen LogP contribution in [0.5, 0.6) is 5.75 Å². The van der Waals surface area contributed by atoms with Gasteiger partial charge in [-0.25, -0.2) is 4.39 Å². The third kappa shape index (κ3) is 3.56. The lowest BCUT2D eigenvalue weighted by molar-refractivity contribution is 0.411. The van der Waals surface area contributed by atoms with Crippen molar-refractivity contribution in [3.63, 3.8) is 0 Å². The molecule has 0 N–H and O–H groups in total. The molecule has 0 aliphatic heterocycles. The molecular formula is C12H14ClFO. The predicted octanol–water partition coefficient (Wildman–Crippen LogP) is 3.86. The SMILES string of the molecule is COc1cc(F)cc(/C=C(/C)C(C)Cl)c1. The van der Waals surface area contributed by atoms with Crippen molar-refractivity contribution in [3.8, 4) is 5.75 Å². The fraction of sp³-hybridized carbons (Fsp3) is 0.333. The molecule has 0 heterocycles. The summed E-state index contributed by atoms with van der Waals surface area (Å²) >= 11 is 5.90. The lowest BCUT2D eigenvalue weighted by atomic mass is 10.1. The van der Waals surface area contributed by atoms with Crippen LogP contribution < -0.4 is 4.74 Å². The van der Waals surface area contributed by atoms with Gasteiger partial charge in [-0.15, -0.1) is 11.6 Å². The maximum absolute atomic E-state index is 13.1. The first-order valence-electron chi connectivity index (χ1n) is 4.69. The van der Waals surface area contributed by atoms with Crippen LogP contribution in [0.2, 0.25) is 0 Å². The fourth-order valence-electron chi connectivity index (χ4n) is 1.16. The minimum absolute atomic E-state index is 0.0562. The highest BCUT2D eigenvalue weighted by atomic mass is 35.5. The molecular weight excluding hydrogens is 215 g/mol. The minimum atomic E-state index is -0.310. The number of allylic oxidation sites excluding steroid dienone is 1. The summed E-state index contributed by atoms with van der Waals surface area (Å²) in [4.78, 5) is 0. The Morgan fingerprint density at radius 3 is 2.67 bits per heavy atom. The zero-order chi connectivity index (χ0) is 11.4. The highest BCUT2D eigenvalue weighted by Gasteiger charge is 2.02. The van der Waals surface area contributed by atoms with Crippen molar-refractivity contribution in [2.45, 2.75) is 19.2 Å². The van der Waals surface area contributed by atoms with E-state index in [9.17, 15) is 4.39 Å². The number of methoxy groups -OCH3 is 1. The average molecular weight is 229 g/mol. The van der Waals surface area contributed by atoms with Gasteiger partial charge in [0.2, 0.25) is 0 Å². The smallest absolute Gasteiger partial charge is 0.127 e.